The first-order chi connectivity index (χ1) is 9.31. The van der Waals surface area contributed by atoms with Gasteiger partial charge in [-0.1, -0.05) is 18.2 Å². The molecule has 3 rings (SSSR count). The third-order valence-electron chi connectivity index (χ3n) is 3.93. The van der Waals surface area contributed by atoms with Crippen LogP contribution < -0.4 is 0 Å². The highest BCUT2D eigenvalue weighted by molar-refractivity contribution is 6.38. The minimum absolute atomic E-state index is 0.653. The van der Waals surface area contributed by atoms with Gasteiger partial charge in [0.1, 0.15) is 7.28 Å². The van der Waals surface area contributed by atoms with Crippen molar-refractivity contribution in [3.63, 3.8) is 0 Å². The maximum absolute atomic E-state index is 5.77. The molecule has 1 fully saturated rings. The Kier molecular flexibility index (Phi) is 4.02. The Balaban J connectivity index is 1.52. The number of rotatable bonds is 4. The molecule has 3 nitrogen and oxygen atoms in total. The number of nitrogens with zero attached hydrogens (tertiary/aromatic N) is 3. The first-order valence-corrected chi connectivity index (χ1v) is 7.15. The van der Waals surface area contributed by atoms with E-state index in [1.165, 1.54) is 12.0 Å². The minimum atomic E-state index is 0.653. The average molecular weight is 250 g/mol. The first-order valence-electron chi connectivity index (χ1n) is 7.15. The standard InChI is InChI=1S/C14H18B2N3/c15-19-9-6-12(10-19)16-7-5-13-4-3-11-2-1-8-17-14(11)18-13/h3-4,8,12H,1-2,5-7,9-10H2. The van der Waals surface area contributed by atoms with Gasteiger partial charge in [0.2, 0.25) is 0 Å². The summed E-state index contributed by atoms with van der Waals surface area (Å²) in [5, 5.41) is 0. The summed E-state index contributed by atoms with van der Waals surface area (Å²) in [6, 6.07) is 4.34. The molecule has 3 heterocycles. The topological polar surface area (TPSA) is 28.5 Å². The molecule has 95 valence electrons. The van der Waals surface area contributed by atoms with Crippen molar-refractivity contribution in [3.8, 4) is 0 Å². The second kappa shape index (κ2) is 5.91. The zero-order valence-corrected chi connectivity index (χ0v) is 11.3. The number of aryl methyl sites for hydroxylation is 2. The third-order valence-corrected chi connectivity index (χ3v) is 3.93. The van der Waals surface area contributed by atoms with Gasteiger partial charge in [-0.05, 0) is 50.4 Å². The molecule has 0 aliphatic carbocycles. The molecule has 0 aromatic carbocycles. The van der Waals surface area contributed by atoms with Gasteiger partial charge in [0, 0.05) is 11.9 Å². The highest BCUT2D eigenvalue weighted by Crippen LogP contribution is 2.23. The quantitative estimate of drug-likeness (QED) is 0.764. The van der Waals surface area contributed by atoms with Crippen LogP contribution in [0, 0.1) is 0 Å². The van der Waals surface area contributed by atoms with Crippen molar-refractivity contribution in [1.82, 2.24) is 9.79 Å². The van der Waals surface area contributed by atoms with Gasteiger partial charge in [0.25, 0.3) is 0 Å². The molecule has 0 saturated carbocycles. The summed E-state index contributed by atoms with van der Waals surface area (Å²) in [6.45, 7) is 2.02. The van der Waals surface area contributed by atoms with Gasteiger partial charge >= 0.3 is 0 Å². The molecule has 1 unspecified atom stereocenters. The smallest absolute Gasteiger partial charge is 0.182 e. The van der Waals surface area contributed by atoms with Crippen LogP contribution in [0.15, 0.2) is 17.1 Å². The molecule has 5 heteroatoms. The van der Waals surface area contributed by atoms with Gasteiger partial charge in [-0.15, -0.1) is 0 Å². The molecule has 0 amide bonds. The lowest BCUT2D eigenvalue weighted by Gasteiger charge is -2.11. The van der Waals surface area contributed by atoms with Crippen molar-refractivity contribution in [2.45, 2.75) is 37.8 Å². The number of hydrogen-bond acceptors (Lipinski definition) is 3. The lowest BCUT2D eigenvalue weighted by Crippen LogP contribution is -2.16. The lowest BCUT2D eigenvalue weighted by atomic mass is 9.60. The predicted octanol–water partition coefficient (Wildman–Crippen LogP) is 1.97. The molecule has 2 aliphatic rings. The van der Waals surface area contributed by atoms with E-state index in [1.807, 2.05) is 11.0 Å². The minimum Gasteiger partial charge on any atom is -0.354 e. The molecule has 0 N–H and O–H groups in total. The Morgan fingerprint density at radius 1 is 1.42 bits per heavy atom. The first kappa shape index (κ1) is 12.9. The van der Waals surface area contributed by atoms with Gasteiger partial charge in [-0.3, -0.25) is 0 Å². The molecular formula is C14H18B2N3. The van der Waals surface area contributed by atoms with Crippen LogP contribution in [0.4, 0.5) is 5.82 Å². The van der Waals surface area contributed by atoms with E-state index in [1.54, 1.807) is 0 Å². The summed E-state index contributed by atoms with van der Waals surface area (Å²) >= 11 is 0. The zero-order valence-electron chi connectivity index (χ0n) is 11.3. The summed E-state index contributed by atoms with van der Waals surface area (Å²) in [5.74, 6) is 1.58. The van der Waals surface area contributed by atoms with Crippen LogP contribution >= 0.6 is 0 Å². The molecule has 0 bridgehead atoms. The molecule has 1 aromatic rings. The van der Waals surface area contributed by atoms with Crippen LogP contribution in [-0.4, -0.2) is 44.4 Å². The number of fused-ring (bicyclic) bond motifs is 1. The van der Waals surface area contributed by atoms with Crippen LogP contribution in [-0.2, 0) is 12.8 Å². The van der Waals surface area contributed by atoms with Gasteiger partial charge in [0.05, 0.1) is 0 Å². The summed E-state index contributed by atoms with van der Waals surface area (Å²) < 4.78 is 0. The van der Waals surface area contributed by atoms with Crippen molar-refractivity contribution in [3.05, 3.63) is 23.4 Å². The number of hydrogen-bond donors (Lipinski definition) is 0. The van der Waals surface area contributed by atoms with Crippen molar-refractivity contribution in [2.75, 3.05) is 13.1 Å². The second-order valence-corrected chi connectivity index (χ2v) is 5.45. The normalized spacial score (nSPS) is 22.4. The molecular weight excluding hydrogens is 232 g/mol. The Morgan fingerprint density at radius 2 is 2.37 bits per heavy atom. The van der Waals surface area contributed by atoms with Crippen molar-refractivity contribution >= 4 is 27.3 Å². The fourth-order valence-electron chi connectivity index (χ4n) is 2.81. The van der Waals surface area contributed by atoms with E-state index in [0.29, 0.717) is 5.82 Å². The van der Waals surface area contributed by atoms with E-state index >= 15 is 0 Å². The summed E-state index contributed by atoms with van der Waals surface area (Å²) in [5.41, 5.74) is 2.43. The molecule has 2 aliphatic heterocycles. The second-order valence-electron chi connectivity index (χ2n) is 5.45. The van der Waals surface area contributed by atoms with Crippen molar-refractivity contribution in [2.24, 2.45) is 4.99 Å². The molecule has 0 spiro atoms. The Bertz CT molecular complexity index is 476. The van der Waals surface area contributed by atoms with Crippen LogP contribution in [0.2, 0.25) is 12.1 Å². The summed E-state index contributed by atoms with van der Waals surface area (Å²) in [7, 11) is 8.17. The van der Waals surface area contributed by atoms with Crippen LogP contribution in [0.25, 0.3) is 0 Å². The molecule has 1 saturated heterocycles. The monoisotopic (exact) mass is 250 g/mol. The largest absolute Gasteiger partial charge is 0.354 e. The number of aliphatic imine (C=N–C) groups is 1. The number of pyridine rings is 1. The molecule has 3 radical (unpaired) electrons. The van der Waals surface area contributed by atoms with Gasteiger partial charge in [0.15, 0.2) is 13.8 Å². The van der Waals surface area contributed by atoms with Crippen molar-refractivity contribution in [1.29, 1.82) is 0 Å². The van der Waals surface area contributed by atoms with Crippen LogP contribution in [0.3, 0.4) is 0 Å². The van der Waals surface area contributed by atoms with E-state index < -0.39 is 0 Å². The van der Waals surface area contributed by atoms with E-state index in [2.05, 4.69) is 29.4 Å². The Morgan fingerprint density at radius 3 is 3.21 bits per heavy atom. The predicted molar refractivity (Wildman–Crippen MR) is 80.7 cm³/mol. The summed E-state index contributed by atoms with van der Waals surface area (Å²) in [4.78, 5) is 10.9. The maximum Gasteiger partial charge on any atom is 0.182 e. The molecule has 1 atom stereocenters. The lowest BCUT2D eigenvalue weighted by molar-refractivity contribution is 0.564. The molecule has 1 aromatic heterocycles. The van der Waals surface area contributed by atoms with Crippen molar-refractivity contribution < 1.29 is 0 Å². The van der Waals surface area contributed by atoms with E-state index in [4.69, 9.17) is 7.98 Å². The van der Waals surface area contributed by atoms with E-state index in [9.17, 15) is 0 Å². The SMILES string of the molecule is [B]N1CCC([B]CCc2ccc3c(n2)N=CCC3)C1. The third kappa shape index (κ3) is 3.27. The Hall–Kier alpha value is -1.09. The highest BCUT2D eigenvalue weighted by atomic mass is 15.0. The van der Waals surface area contributed by atoms with Gasteiger partial charge in [-0.25, -0.2) is 9.98 Å². The van der Waals surface area contributed by atoms with E-state index in [0.717, 1.165) is 50.2 Å². The van der Waals surface area contributed by atoms with Crippen LogP contribution in [0.1, 0.15) is 24.1 Å². The average Bonchev–Trinajstić information content (AvgIpc) is 2.84. The fourth-order valence-corrected chi connectivity index (χ4v) is 2.81. The highest BCUT2D eigenvalue weighted by Gasteiger charge is 2.19. The van der Waals surface area contributed by atoms with Gasteiger partial charge in [-0.2, -0.15) is 0 Å². The number of aromatic nitrogens is 1. The van der Waals surface area contributed by atoms with Gasteiger partial charge < -0.3 is 4.81 Å². The zero-order chi connectivity index (χ0) is 13.1. The fraction of sp³-hybridized carbons (Fsp3) is 0.571. The summed E-state index contributed by atoms with van der Waals surface area (Å²) in [6.07, 6.45) is 7.36. The Labute approximate surface area is 117 Å². The van der Waals surface area contributed by atoms with E-state index in [-0.39, 0.29) is 0 Å². The molecule has 19 heavy (non-hydrogen) atoms. The van der Waals surface area contributed by atoms with Crippen LogP contribution in [0.5, 0.6) is 0 Å². The maximum atomic E-state index is 5.77.